The maximum absolute atomic E-state index is 11.3. The number of carbonyl (C=O) groups excluding carboxylic acids is 2. The summed E-state index contributed by atoms with van der Waals surface area (Å²) in [5.74, 6) is -0.840. The number of esters is 1. The zero-order valence-corrected chi connectivity index (χ0v) is 11.8. The molecule has 0 saturated heterocycles. The standard InChI is InChI=1S/C14H15NO6/c1-9(2)14(17)21-7-6-20-13-8-11(10(3)16)4-5-12(13)15(18)19/h4-5,8H,1,6-7H2,2-3H3. The van der Waals surface area contributed by atoms with Crippen LogP contribution in [-0.4, -0.2) is 29.9 Å². The number of rotatable bonds is 7. The van der Waals surface area contributed by atoms with E-state index in [2.05, 4.69) is 6.58 Å². The molecule has 0 bridgehead atoms. The highest BCUT2D eigenvalue weighted by Gasteiger charge is 2.17. The van der Waals surface area contributed by atoms with Gasteiger partial charge >= 0.3 is 11.7 Å². The molecule has 0 spiro atoms. The number of hydrogen-bond acceptors (Lipinski definition) is 6. The fraction of sp³-hybridized carbons (Fsp3) is 0.286. The van der Waals surface area contributed by atoms with Crippen molar-refractivity contribution >= 4 is 17.4 Å². The molecule has 0 saturated carbocycles. The third-order valence-electron chi connectivity index (χ3n) is 2.49. The number of ketones is 1. The molecule has 1 aromatic rings. The molecule has 0 aliphatic heterocycles. The van der Waals surface area contributed by atoms with Crippen LogP contribution in [0.25, 0.3) is 0 Å². The minimum absolute atomic E-state index is 0.0425. The first-order valence-electron chi connectivity index (χ1n) is 6.07. The van der Waals surface area contributed by atoms with E-state index in [1.807, 2.05) is 0 Å². The fourth-order valence-corrected chi connectivity index (χ4v) is 1.41. The Balaban J connectivity index is 2.74. The van der Waals surface area contributed by atoms with E-state index in [0.717, 1.165) is 0 Å². The van der Waals surface area contributed by atoms with Gasteiger partial charge in [-0.3, -0.25) is 14.9 Å². The molecule has 7 nitrogen and oxygen atoms in total. The van der Waals surface area contributed by atoms with E-state index in [4.69, 9.17) is 9.47 Å². The summed E-state index contributed by atoms with van der Waals surface area (Å²) in [6.45, 7) is 6.12. The van der Waals surface area contributed by atoms with Gasteiger partial charge in [0, 0.05) is 17.2 Å². The summed E-state index contributed by atoms with van der Waals surface area (Å²) in [6.07, 6.45) is 0. The van der Waals surface area contributed by atoms with Crippen LogP contribution in [0.4, 0.5) is 5.69 Å². The number of hydrogen-bond donors (Lipinski definition) is 0. The van der Waals surface area contributed by atoms with E-state index in [0.29, 0.717) is 5.56 Å². The number of nitro benzene ring substituents is 1. The topological polar surface area (TPSA) is 95.7 Å². The average molecular weight is 293 g/mol. The number of ether oxygens (including phenoxy) is 2. The smallest absolute Gasteiger partial charge is 0.333 e. The molecule has 0 heterocycles. The summed E-state index contributed by atoms with van der Waals surface area (Å²) < 4.78 is 10.0. The van der Waals surface area contributed by atoms with Gasteiger partial charge in [-0.05, 0) is 26.0 Å². The fourth-order valence-electron chi connectivity index (χ4n) is 1.41. The van der Waals surface area contributed by atoms with Gasteiger partial charge in [0.25, 0.3) is 0 Å². The molecular formula is C14H15NO6. The van der Waals surface area contributed by atoms with Crippen molar-refractivity contribution in [2.24, 2.45) is 0 Å². The molecule has 0 aromatic heterocycles. The summed E-state index contributed by atoms with van der Waals surface area (Å²) in [5, 5.41) is 10.9. The lowest BCUT2D eigenvalue weighted by Crippen LogP contribution is -2.13. The van der Waals surface area contributed by atoms with Crippen LogP contribution in [0.5, 0.6) is 5.75 Å². The van der Waals surface area contributed by atoms with Crippen LogP contribution >= 0.6 is 0 Å². The maximum atomic E-state index is 11.3. The number of nitro groups is 1. The highest BCUT2D eigenvalue weighted by molar-refractivity contribution is 5.94. The highest BCUT2D eigenvalue weighted by atomic mass is 16.6. The minimum Gasteiger partial charge on any atom is -0.483 e. The lowest BCUT2D eigenvalue weighted by molar-refractivity contribution is -0.385. The van der Waals surface area contributed by atoms with Crippen molar-refractivity contribution in [1.29, 1.82) is 0 Å². The molecule has 0 amide bonds. The van der Waals surface area contributed by atoms with Crippen LogP contribution in [0, 0.1) is 10.1 Å². The van der Waals surface area contributed by atoms with Crippen molar-refractivity contribution in [3.8, 4) is 5.75 Å². The summed E-state index contributed by atoms with van der Waals surface area (Å²) in [4.78, 5) is 32.7. The summed E-state index contributed by atoms with van der Waals surface area (Å²) in [5.41, 5.74) is 0.292. The first kappa shape index (κ1) is 16.4. The molecule has 112 valence electrons. The number of Topliss-reactive ketones (excluding diaryl/α,β-unsaturated/α-hetero) is 1. The van der Waals surface area contributed by atoms with Crippen molar-refractivity contribution in [3.63, 3.8) is 0 Å². The van der Waals surface area contributed by atoms with Gasteiger partial charge in [0.15, 0.2) is 11.5 Å². The van der Waals surface area contributed by atoms with Crippen molar-refractivity contribution in [2.75, 3.05) is 13.2 Å². The van der Waals surface area contributed by atoms with Gasteiger partial charge in [0.1, 0.15) is 13.2 Å². The van der Waals surface area contributed by atoms with E-state index < -0.39 is 10.9 Å². The van der Waals surface area contributed by atoms with Crippen molar-refractivity contribution in [3.05, 3.63) is 46.0 Å². The van der Waals surface area contributed by atoms with E-state index in [1.165, 1.54) is 32.0 Å². The number of nitrogens with zero attached hydrogens (tertiary/aromatic N) is 1. The molecule has 0 fully saturated rings. The van der Waals surface area contributed by atoms with Crippen LogP contribution in [0.3, 0.4) is 0 Å². The molecule has 0 aliphatic rings. The molecule has 0 atom stereocenters. The molecule has 0 N–H and O–H groups in total. The number of carbonyl (C=O) groups is 2. The summed E-state index contributed by atoms with van der Waals surface area (Å²) in [7, 11) is 0. The second kappa shape index (κ2) is 7.18. The zero-order valence-electron chi connectivity index (χ0n) is 11.8. The van der Waals surface area contributed by atoms with Crippen LogP contribution in [-0.2, 0) is 9.53 Å². The van der Waals surface area contributed by atoms with Crippen molar-refractivity contribution in [2.45, 2.75) is 13.8 Å². The van der Waals surface area contributed by atoms with Crippen molar-refractivity contribution in [1.82, 2.24) is 0 Å². The average Bonchev–Trinajstić information content (AvgIpc) is 2.42. The van der Waals surface area contributed by atoms with Gasteiger partial charge in [0.05, 0.1) is 4.92 Å². The lowest BCUT2D eigenvalue weighted by Gasteiger charge is -2.08. The molecule has 7 heteroatoms. The van der Waals surface area contributed by atoms with Crippen LogP contribution in [0.2, 0.25) is 0 Å². The molecule has 0 aliphatic carbocycles. The highest BCUT2D eigenvalue weighted by Crippen LogP contribution is 2.28. The first-order valence-corrected chi connectivity index (χ1v) is 6.07. The Kier molecular flexibility index (Phi) is 5.59. The lowest BCUT2D eigenvalue weighted by atomic mass is 10.1. The second-order valence-corrected chi connectivity index (χ2v) is 4.26. The quantitative estimate of drug-likeness (QED) is 0.191. The molecular weight excluding hydrogens is 278 g/mol. The Hall–Kier alpha value is -2.70. The Labute approximate surface area is 121 Å². The van der Waals surface area contributed by atoms with Gasteiger partial charge in [-0.1, -0.05) is 6.58 Å². The van der Waals surface area contributed by atoms with Gasteiger partial charge in [-0.25, -0.2) is 4.79 Å². The van der Waals surface area contributed by atoms with E-state index in [-0.39, 0.29) is 36.0 Å². The largest absolute Gasteiger partial charge is 0.483 e. The molecule has 0 radical (unpaired) electrons. The molecule has 1 aromatic carbocycles. The Morgan fingerprint density at radius 1 is 1.29 bits per heavy atom. The Morgan fingerprint density at radius 3 is 2.48 bits per heavy atom. The predicted octanol–water partition coefficient (Wildman–Crippen LogP) is 2.30. The van der Waals surface area contributed by atoms with Crippen LogP contribution < -0.4 is 4.74 Å². The van der Waals surface area contributed by atoms with E-state index >= 15 is 0 Å². The van der Waals surface area contributed by atoms with Gasteiger partial charge in [0.2, 0.25) is 0 Å². The Bertz CT molecular complexity index is 593. The normalized spacial score (nSPS) is 9.81. The zero-order chi connectivity index (χ0) is 16.0. The van der Waals surface area contributed by atoms with Crippen LogP contribution in [0.15, 0.2) is 30.4 Å². The van der Waals surface area contributed by atoms with Crippen molar-refractivity contribution < 1.29 is 24.0 Å². The summed E-state index contributed by atoms with van der Waals surface area (Å²) >= 11 is 0. The predicted molar refractivity (Wildman–Crippen MR) is 74.4 cm³/mol. The number of benzene rings is 1. The van der Waals surface area contributed by atoms with Gasteiger partial charge in [-0.15, -0.1) is 0 Å². The maximum Gasteiger partial charge on any atom is 0.333 e. The van der Waals surface area contributed by atoms with Crippen LogP contribution in [0.1, 0.15) is 24.2 Å². The third-order valence-corrected chi connectivity index (χ3v) is 2.49. The van der Waals surface area contributed by atoms with E-state index in [1.54, 1.807) is 0 Å². The third kappa shape index (κ3) is 4.72. The molecule has 21 heavy (non-hydrogen) atoms. The first-order chi connectivity index (χ1) is 9.82. The van der Waals surface area contributed by atoms with E-state index in [9.17, 15) is 19.7 Å². The molecule has 1 rings (SSSR count). The SMILES string of the molecule is C=C(C)C(=O)OCCOc1cc(C(C)=O)ccc1[N+](=O)[O-]. The minimum atomic E-state index is -0.612. The monoisotopic (exact) mass is 293 g/mol. The second-order valence-electron chi connectivity index (χ2n) is 4.26. The Morgan fingerprint density at radius 2 is 1.95 bits per heavy atom. The summed E-state index contributed by atoms with van der Waals surface area (Å²) in [6, 6.07) is 3.85. The molecule has 0 unspecified atom stereocenters. The van der Waals surface area contributed by atoms with Gasteiger partial charge in [-0.2, -0.15) is 0 Å². The van der Waals surface area contributed by atoms with Gasteiger partial charge < -0.3 is 9.47 Å².